The third-order valence-corrected chi connectivity index (χ3v) is 12.0. The van der Waals surface area contributed by atoms with Gasteiger partial charge in [-0.3, -0.25) is 19.3 Å². The van der Waals surface area contributed by atoms with Gasteiger partial charge in [-0.05, 0) is 67.0 Å². The Morgan fingerprint density at radius 1 is 1.05 bits per heavy atom. The largest absolute Gasteiger partial charge is 0.449 e. The average molecular weight is 816 g/mol. The smallest absolute Gasteiger partial charge is 0.410 e. The minimum absolute atomic E-state index is 0.0196. The molecule has 0 spiro atoms. The highest BCUT2D eigenvalue weighted by Gasteiger charge is 2.61. The maximum absolute atomic E-state index is 14.5. The first-order chi connectivity index (χ1) is 26.5. The third kappa shape index (κ3) is 9.45. The Morgan fingerprint density at radius 2 is 1.80 bits per heavy atom. The van der Waals surface area contributed by atoms with E-state index in [1.54, 1.807) is 18.2 Å². The summed E-state index contributed by atoms with van der Waals surface area (Å²) < 4.78 is 54.3. The zero-order valence-corrected chi connectivity index (χ0v) is 33.1. The zero-order valence-electron chi connectivity index (χ0n) is 31.5. The van der Waals surface area contributed by atoms with Crippen LogP contribution < -0.4 is 15.4 Å². The number of amides is 5. The second-order valence-corrected chi connectivity index (χ2v) is 18.2. The van der Waals surface area contributed by atoms with E-state index < -0.39 is 75.4 Å². The first-order valence-corrected chi connectivity index (χ1v) is 20.6. The fourth-order valence-electron chi connectivity index (χ4n) is 7.24. The number of ether oxygens (including phenoxy) is 2. The molecule has 17 heteroatoms. The number of benzene rings is 2. The predicted octanol–water partition coefficient (Wildman–Crippen LogP) is 4.94. The molecule has 302 valence electrons. The first-order valence-electron chi connectivity index (χ1n) is 18.7. The molecule has 14 nitrogen and oxygen atoms in total. The molecular weight excluding hydrogens is 769 g/mol. The summed E-state index contributed by atoms with van der Waals surface area (Å²) in [5.41, 5.74) is -1.00. The molecule has 0 bridgehead atoms. The van der Waals surface area contributed by atoms with Gasteiger partial charge in [-0.25, -0.2) is 27.1 Å². The number of halogens is 2. The molecule has 5 amide bonds. The van der Waals surface area contributed by atoms with E-state index in [4.69, 9.17) is 21.1 Å². The molecule has 6 rings (SSSR count). The molecule has 4 aliphatic rings. The van der Waals surface area contributed by atoms with Gasteiger partial charge in [0.1, 0.15) is 29.5 Å². The maximum atomic E-state index is 14.5. The second kappa shape index (κ2) is 16.4. The fraction of sp³-hybridized carbons (Fsp3) is 0.513. The average Bonchev–Trinajstić information content (AvgIpc) is 3.42. The van der Waals surface area contributed by atoms with E-state index >= 15 is 0 Å². The highest BCUT2D eigenvalue weighted by molar-refractivity contribution is 7.90. The van der Waals surface area contributed by atoms with Crippen molar-refractivity contribution in [3.63, 3.8) is 0 Å². The van der Waals surface area contributed by atoms with Crippen LogP contribution in [-0.2, 0) is 47.0 Å². The number of allylic oxidation sites excluding steroid dienone is 1. The van der Waals surface area contributed by atoms with Crippen molar-refractivity contribution in [3.8, 4) is 0 Å². The van der Waals surface area contributed by atoms with Crippen LogP contribution in [-0.4, -0.2) is 85.0 Å². The number of carbonyl (C=O) groups is 5. The Balaban J connectivity index is 1.26. The number of alkyl carbamates (subject to hydrolysis) is 1. The molecule has 2 aromatic carbocycles. The van der Waals surface area contributed by atoms with Gasteiger partial charge in [0.05, 0.1) is 24.6 Å². The van der Waals surface area contributed by atoms with Crippen molar-refractivity contribution >= 4 is 51.5 Å². The number of nitrogens with one attached hydrogen (secondary N) is 3. The topological polar surface area (TPSA) is 181 Å². The van der Waals surface area contributed by atoms with Gasteiger partial charge >= 0.3 is 12.2 Å². The number of hydrogen-bond donors (Lipinski definition) is 3. The summed E-state index contributed by atoms with van der Waals surface area (Å²) >= 11 is 5.93. The van der Waals surface area contributed by atoms with E-state index in [2.05, 4.69) is 15.4 Å². The van der Waals surface area contributed by atoms with Crippen LogP contribution >= 0.6 is 11.6 Å². The van der Waals surface area contributed by atoms with Gasteiger partial charge in [0.15, 0.2) is 0 Å². The van der Waals surface area contributed by atoms with Crippen molar-refractivity contribution in [1.82, 2.24) is 25.2 Å². The van der Waals surface area contributed by atoms with Gasteiger partial charge < -0.3 is 25.0 Å². The Bertz CT molecular complexity index is 2010. The summed E-state index contributed by atoms with van der Waals surface area (Å²) in [6, 6.07) is 7.44. The third-order valence-electron chi connectivity index (χ3n) is 10.4. The van der Waals surface area contributed by atoms with E-state index in [0.717, 1.165) is 6.42 Å². The Kier molecular flexibility index (Phi) is 12.0. The minimum Gasteiger partial charge on any atom is -0.449 e. The number of carbonyl (C=O) groups excluding carboxylic acids is 5. The Hall–Kier alpha value is -4.70. The van der Waals surface area contributed by atoms with Crippen LogP contribution in [0.4, 0.5) is 14.0 Å². The lowest BCUT2D eigenvalue weighted by atomic mass is 9.99. The molecule has 2 fully saturated rings. The van der Waals surface area contributed by atoms with Crippen LogP contribution in [0.2, 0.25) is 5.02 Å². The quantitative estimate of drug-likeness (QED) is 0.341. The number of sulfonamides is 1. The number of fused-ring (bicyclic) bond motifs is 3. The number of rotatable bonds is 6. The van der Waals surface area contributed by atoms with Gasteiger partial charge in [-0.2, -0.15) is 0 Å². The van der Waals surface area contributed by atoms with Crippen LogP contribution in [0.1, 0.15) is 76.8 Å². The molecule has 1 saturated heterocycles. The summed E-state index contributed by atoms with van der Waals surface area (Å²) in [5.74, 6) is -3.35. The summed E-state index contributed by atoms with van der Waals surface area (Å²) in [6.45, 7) is 5.62. The molecule has 1 saturated carbocycles. The maximum Gasteiger partial charge on any atom is 0.410 e. The monoisotopic (exact) mass is 815 g/mol. The lowest BCUT2D eigenvalue weighted by molar-refractivity contribution is -0.141. The summed E-state index contributed by atoms with van der Waals surface area (Å²) in [5, 5.41) is 5.74. The standard InChI is InChI=1S/C39H47ClFN5O9S/c1-38(2,3)23-54-36(50)42-31-13-8-6-4-5-7-11-25-19-39(25,35(49)44-56(52,53)28-16-14-26(40)15-17-28)43-33(47)32-18-27(21-46(32)34(31)48)55-37(51)45-20-24-10-9-12-30(41)29(24)22-45/h7,9-12,14-17,25,27,31-32H,4-6,8,13,18-23H2,1-3H3,(H,42,50)(H,43,47)(H,44,49)/b11-7-/t25-,27-,31+,32+,39-/m1/s1. The summed E-state index contributed by atoms with van der Waals surface area (Å²) in [7, 11) is -4.37. The van der Waals surface area contributed by atoms with E-state index in [-0.39, 0.29) is 55.8 Å². The minimum atomic E-state index is -4.37. The molecule has 1 aliphatic carbocycles. The molecule has 0 unspecified atom stereocenters. The van der Waals surface area contributed by atoms with Crippen molar-refractivity contribution in [2.24, 2.45) is 11.3 Å². The Morgan fingerprint density at radius 3 is 2.52 bits per heavy atom. The molecule has 2 aromatic rings. The van der Waals surface area contributed by atoms with Gasteiger partial charge in [-0.1, -0.05) is 69.5 Å². The predicted molar refractivity (Wildman–Crippen MR) is 202 cm³/mol. The van der Waals surface area contributed by atoms with Crippen molar-refractivity contribution in [1.29, 1.82) is 0 Å². The highest BCUT2D eigenvalue weighted by Crippen LogP contribution is 2.46. The lowest BCUT2D eigenvalue weighted by Gasteiger charge is -2.30. The van der Waals surface area contributed by atoms with E-state index in [0.29, 0.717) is 35.4 Å². The Labute approximate surface area is 330 Å². The van der Waals surface area contributed by atoms with Crippen molar-refractivity contribution in [2.45, 2.75) is 107 Å². The van der Waals surface area contributed by atoms with E-state index in [1.807, 2.05) is 26.8 Å². The summed E-state index contributed by atoms with van der Waals surface area (Å²) in [4.78, 5) is 71.3. The molecule has 0 radical (unpaired) electrons. The SMILES string of the molecule is CC(C)(C)COC(=O)N[C@H]1CCCCC/C=C\[C@@H]2C[C@@]2(C(=O)NS(=O)(=O)c2ccc(Cl)cc2)NC(=O)[C@@H]2C[C@@H](OC(=O)N3Cc4cccc(F)c4C3)CN2C1=O. The summed E-state index contributed by atoms with van der Waals surface area (Å²) in [6.07, 6.45) is 3.86. The highest BCUT2D eigenvalue weighted by atomic mass is 35.5. The van der Waals surface area contributed by atoms with Crippen LogP contribution in [0.15, 0.2) is 59.5 Å². The second-order valence-electron chi connectivity index (χ2n) is 16.0. The van der Waals surface area contributed by atoms with Crippen LogP contribution in [0.25, 0.3) is 0 Å². The zero-order chi connectivity index (χ0) is 40.4. The van der Waals surface area contributed by atoms with Crippen LogP contribution in [0.3, 0.4) is 0 Å². The number of hydrogen-bond acceptors (Lipinski definition) is 9. The number of nitrogens with zero attached hydrogens (tertiary/aromatic N) is 2. The van der Waals surface area contributed by atoms with Crippen LogP contribution in [0, 0.1) is 17.2 Å². The molecular formula is C39H47ClFN5O9S. The molecule has 3 heterocycles. The lowest BCUT2D eigenvalue weighted by Crippen LogP contribution is -2.58. The van der Waals surface area contributed by atoms with Crippen molar-refractivity contribution in [3.05, 3.63) is 76.6 Å². The van der Waals surface area contributed by atoms with E-state index in [1.165, 1.54) is 40.1 Å². The molecule has 5 atom stereocenters. The van der Waals surface area contributed by atoms with Crippen LogP contribution in [0.5, 0.6) is 0 Å². The fourth-order valence-corrected chi connectivity index (χ4v) is 8.41. The van der Waals surface area contributed by atoms with E-state index in [9.17, 15) is 36.8 Å². The van der Waals surface area contributed by atoms with Crippen molar-refractivity contribution < 1.29 is 46.3 Å². The van der Waals surface area contributed by atoms with Crippen molar-refractivity contribution in [2.75, 3.05) is 13.2 Å². The van der Waals surface area contributed by atoms with Gasteiger partial charge in [0.2, 0.25) is 11.8 Å². The molecule has 3 aliphatic heterocycles. The van der Waals surface area contributed by atoms with Gasteiger partial charge in [0, 0.05) is 29.5 Å². The molecule has 56 heavy (non-hydrogen) atoms. The van der Waals surface area contributed by atoms with Gasteiger partial charge in [0.25, 0.3) is 15.9 Å². The van der Waals surface area contributed by atoms with Gasteiger partial charge in [-0.15, -0.1) is 0 Å². The first kappa shape index (κ1) is 40.9. The molecule has 0 aromatic heterocycles. The molecule has 3 N–H and O–H groups in total. The normalized spacial score (nSPS) is 26.0.